The van der Waals surface area contributed by atoms with Gasteiger partial charge in [-0.05, 0) is 44.4 Å². The molecule has 0 aliphatic heterocycles. The van der Waals surface area contributed by atoms with Crippen molar-refractivity contribution in [3.63, 3.8) is 0 Å². The summed E-state index contributed by atoms with van der Waals surface area (Å²) < 4.78 is 0. The van der Waals surface area contributed by atoms with Crippen LogP contribution in [0.5, 0.6) is 0 Å². The lowest BCUT2D eigenvalue weighted by Crippen LogP contribution is -2.40. The topological polar surface area (TPSA) is 43.7 Å². The van der Waals surface area contributed by atoms with Gasteiger partial charge in [0.25, 0.3) is 0 Å². The molecule has 0 aromatic heterocycles. The molecule has 98 valence electrons. The van der Waals surface area contributed by atoms with Crippen LogP contribution >= 0.6 is 0 Å². The summed E-state index contributed by atoms with van der Waals surface area (Å²) in [5.41, 5.74) is 0. The van der Waals surface area contributed by atoms with Crippen LogP contribution in [-0.4, -0.2) is 47.0 Å². The zero-order valence-corrected chi connectivity index (χ0v) is 10.9. The lowest BCUT2D eigenvalue weighted by Gasteiger charge is -2.30. The molecule has 3 nitrogen and oxygen atoms in total. The minimum Gasteiger partial charge on any atom is -0.392 e. The highest BCUT2D eigenvalue weighted by atomic mass is 16.3. The number of nitrogens with zero attached hydrogens (tertiary/aromatic N) is 1. The minimum atomic E-state index is -0.317. The van der Waals surface area contributed by atoms with Crippen LogP contribution in [0.15, 0.2) is 12.2 Å². The molecule has 2 rings (SSSR count). The van der Waals surface area contributed by atoms with Gasteiger partial charge in [-0.15, -0.1) is 0 Å². The van der Waals surface area contributed by atoms with Gasteiger partial charge in [0.2, 0.25) is 0 Å². The molecule has 17 heavy (non-hydrogen) atoms. The fourth-order valence-electron chi connectivity index (χ4n) is 3.41. The van der Waals surface area contributed by atoms with Crippen LogP contribution in [-0.2, 0) is 0 Å². The highest BCUT2D eigenvalue weighted by Crippen LogP contribution is 2.43. The van der Waals surface area contributed by atoms with Crippen LogP contribution in [0.3, 0.4) is 0 Å². The molecule has 2 bridgehead atoms. The van der Waals surface area contributed by atoms with Gasteiger partial charge in [-0.25, -0.2) is 0 Å². The number of hydrogen-bond acceptors (Lipinski definition) is 3. The molecule has 0 amide bonds. The molecule has 1 saturated carbocycles. The van der Waals surface area contributed by atoms with Crippen molar-refractivity contribution in [1.29, 1.82) is 0 Å². The Morgan fingerprint density at radius 1 is 1.12 bits per heavy atom. The van der Waals surface area contributed by atoms with E-state index in [0.717, 1.165) is 24.3 Å². The van der Waals surface area contributed by atoms with Gasteiger partial charge in [0, 0.05) is 19.6 Å². The van der Waals surface area contributed by atoms with Crippen molar-refractivity contribution >= 4 is 0 Å². The molecule has 2 N–H and O–H groups in total. The van der Waals surface area contributed by atoms with E-state index in [1.807, 2.05) is 13.8 Å². The summed E-state index contributed by atoms with van der Waals surface area (Å²) in [4.78, 5) is 2.22. The van der Waals surface area contributed by atoms with Crippen molar-refractivity contribution in [3.8, 4) is 0 Å². The zero-order valence-electron chi connectivity index (χ0n) is 10.9. The Hall–Kier alpha value is -0.380. The third-order valence-electron chi connectivity index (χ3n) is 3.95. The number of hydrogen-bond donors (Lipinski definition) is 2. The fourth-order valence-corrected chi connectivity index (χ4v) is 3.41. The zero-order chi connectivity index (χ0) is 12.4. The third kappa shape index (κ3) is 3.54. The van der Waals surface area contributed by atoms with Crippen molar-refractivity contribution in [2.45, 2.75) is 38.9 Å². The first kappa shape index (κ1) is 13.1. The highest BCUT2D eigenvalue weighted by molar-refractivity contribution is 5.10. The molecule has 5 atom stereocenters. The summed E-state index contributed by atoms with van der Waals surface area (Å²) in [6.07, 6.45) is 6.70. The largest absolute Gasteiger partial charge is 0.392 e. The normalized spacial score (nSPS) is 34.5. The predicted octanol–water partition coefficient (Wildman–Crippen LogP) is 1.26. The van der Waals surface area contributed by atoms with E-state index in [-0.39, 0.29) is 12.2 Å². The second-order valence-corrected chi connectivity index (χ2v) is 5.96. The standard InChI is InChI=1S/C14H25NO2/c1-10(16)7-15(8-11(2)17)9-14-6-12-3-4-13(14)5-12/h3-4,10-14,16-17H,5-9H2,1-2H3/t10-,11-,12+,13+,14-/m0/s1. The Bertz CT molecular complexity index is 265. The first-order valence-corrected chi connectivity index (χ1v) is 6.81. The Morgan fingerprint density at radius 2 is 1.76 bits per heavy atom. The molecule has 1 fully saturated rings. The number of rotatable bonds is 6. The van der Waals surface area contributed by atoms with Crippen LogP contribution in [0.1, 0.15) is 26.7 Å². The quantitative estimate of drug-likeness (QED) is 0.686. The van der Waals surface area contributed by atoms with Gasteiger partial charge in [0.05, 0.1) is 12.2 Å². The second-order valence-electron chi connectivity index (χ2n) is 5.96. The van der Waals surface area contributed by atoms with Gasteiger partial charge < -0.3 is 10.2 Å². The van der Waals surface area contributed by atoms with Gasteiger partial charge in [-0.1, -0.05) is 12.2 Å². The monoisotopic (exact) mass is 239 g/mol. The summed E-state index contributed by atoms with van der Waals surface area (Å²) in [6.45, 7) is 5.98. The summed E-state index contributed by atoms with van der Waals surface area (Å²) in [7, 11) is 0. The van der Waals surface area contributed by atoms with Crippen molar-refractivity contribution in [2.75, 3.05) is 19.6 Å². The number of aliphatic hydroxyl groups excluding tert-OH is 2. The van der Waals surface area contributed by atoms with E-state index in [0.29, 0.717) is 13.1 Å². The maximum atomic E-state index is 9.50. The van der Waals surface area contributed by atoms with Gasteiger partial charge >= 0.3 is 0 Å². The average molecular weight is 239 g/mol. The summed E-state index contributed by atoms with van der Waals surface area (Å²) >= 11 is 0. The fraction of sp³-hybridized carbons (Fsp3) is 0.857. The minimum absolute atomic E-state index is 0.317. The van der Waals surface area contributed by atoms with Gasteiger partial charge in [-0.2, -0.15) is 0 Å². The van der Waals surface area contributed by atoms with E-state index >= 15 is 0 Å². The Kier molecular flexibility index (Phi) is 4.23. The van der Waals surface area contributed by atoms with Crippen molar-refractivity contribution in [1.82, 2.24) is 4.90 Å². The van der Waals surface area contributed by atoms with Crippen molar-refractivity contribution < 1.29 is 10.2 Å². The lowest BCUT2D eigenvalue weighted by atomic mass is 9.93. The predicted molar refractivity (Wildman–Crippen MR) is 68.6 cm³/mol. The first-order valence-electron chi connectivity index (χ1n) is 6.81. The average Bonchev–Trinajstić information content (AvgIpc) is 2.76. The molecule has 3 heteroatoms. The lowest BCUT2D eigenvalue weighted by molar-refractivity contribution is 0.0710. The molecule has 2 aliphatic carbocycles. The summed E-state index contributed by atoms with van der Waals surface area (Å²) in [5, 5.41) is 19.0. The third-order valence-corrected chi connectivity index (χ3v) is 3.95. The molecule has 0 aromatic rings. The van der Waals surface area contributed by atoms with Gasteiger partial charge in [-0.3, -0.25) is 4.90 Å². The van der Waals surface area contributed by atoms with Crippen LogP contribution in [0.4, 0.5) is 0 Å². The maximum Gasteiger partial charge on any atom is 0.0639 e. The van der Waals surface area contributed by atoms with Crippen LogP contribution in [0.2, 0.25) is 0 Å². The summed E-state index contributed by atoms with van der Waals surface area (Å²) in [5.74, 6) is 2.26. The van der Waals surface area contributed by atoms with Crippen LogP contribution < -0.4 is 0 Å². The molecule has 2 aliphatic rings. The van der Waals surface area contributed by atoms with Crippen molar-refractivity contribution in [3.05, 3.63) is 12.2 Å². The van der Waals surface area contributed by atoms with E-state index in [2.05, 4.69) is 17.1 Å². The summed E-state index contributed by atoms with van der Waals surface area (Å²) in [6, 6.07) is 0. The first-order chi connectivity index (χ1) is 8.04. The molecular formula is C14H25NO2. The van der Waals surface area contributed by atoms with Crippen LogP contribution in [0.25, 0.3) is 0 Å². The smallest absolute Gasteiger partial charge is 0.0639 e. The van der Waals surface area contributed by atoms with Gasteiger partial charge in [0.15, 0.2) is 0 Å². The van der Waals surface area contributed by atoms with Gasteiger partial charge in [0.1, 0.15) is 0 Å². The molecule has 0 heterocycles. The molecule has 0 unspecified atom stereocenters. The number of allylic oxidation sites excluding steroid dienone is 2. The van der Waals surface area contributed by atoms with E-state index in [9.17, 15) is 10.2 Å². The van der Waals surface area contributed by atoms with Crippen LogP contribution in [0, 0.1) is 17.8 Å². The Labute approximate surface area is 104 Å². The Morgan fingerprint density at radius 3 is 2.18 bits per heavy atom. The molecule has 0 saturated heterocycles. The number of fused-ring (bicyclic) bond motifs is 2. The highest BCUT2D eigenvalue weighted by Gasteiger charge is 2.36. The van der Waals surface area contributed by atoms with E-state index in [4.69, 9.17) is 0 Å². The molecule has 0 radical (unpaired) electrons. The molecular weight excluding hydrogens is 214 g/mol. The SMILES string of the molecule is C[C@H](O)CN(C[C@@H]1C[C@@H]2C=C[C@@H]1C2)C[C@H](C)O. The molecule has 0 spiro atoms. The second kappa shape index (κ2) is 5.51. The number of aliphatic hydroxyl groups is 2. The Balaban J connectivity index is 1.86. The maximum absolute atomic E-state index is 9.50. The van der Waals surface area contributed by atoms with E-state index < -0.39 is 0 Å². The van der Waals surface area contributed by atoms with Crippen molar-refractivity contribution in [2.24, 2.45) is 17.8 Å². The van der Waals surface area contributed by atoms with E-state index in [1.54, 1.807) is 0 Å². The molecule has 0 aromatic carbocycles. The van der Waals surface area contributed by atoms with E-state index in [1.165, 1.54) is 12.8 Å².